The van der Waals surface area contributed by atoms with Crippen molar-refractivity contribution < 1.29 is 9.53 Å². The molecule has 3 nitrogen and oxygen atoms in total. The van der Waals surface area contributed by atoms with Gasteiger partial charge in [0.25, 0.3) is 0 Å². The summed E-state index contributed by atoms with van der Waals surface area (Å²) < 4.78 is 6.65. The molecular formula is C17H18BrNO2. The molecule has 2 unspecified atom stereocenters. The second-order valence-corrected chi connectivity index (χ2v) is 6.32. The third-order valence-corrected chi connectivity index (χ3v) is 4.51. The molecule has 1 heterocycles. The fraction of sp³-hybridized carbons (Fsp3) is 0.353. The summed E-state index contributed by atoms with van der Waals surface area (Å²) in [5.74, 6) is 0.0337. The van der Waals surface area contributed by atoms with Gasteiger partial charge >= 0.3 is 0 Å². The van der Waals surface area contributed by atoms with Crippen molar-refractivity contribution in [3.63, 3.8) is 0 Å². The molecule has 0 spiro atoms. The predicted octanol–water partition coefficient (Wildman–Crippen LogP) is 4.36. The van der Waals surface area contributed by atoms with Crippen molar-refractivity contribution >= 4 is 38.3 Å². The zero-order valence-corrected chi connectivity index (χ0v) is 13.5. The maximum atomic E-state index is 12.4. The van der Waals surface area contributed by atoms with Crippen LogP contribution in [0.15, 0.2) is 40.9 Å². The standard InChI is InChI=1S/C17H18BrNO2/c1-2-16-15(7-8-21-16)17(20)19-14-6-4-11-9-13(18)5-3-12(11)10-14/h3-6,9-10,15-16H,2,7-8H2,1H3,(H,19,20). The summed E-state index contributed by atoms with van der Waals surface area (Å²) in [6, 6.07) is 12.1. The molecule has 0 aliphatic carbocycles. The molecule has 2 aromatic rings. The van der Waals surface area contributed by atoms with Crippen LogP contribution in [0.25, 0.3) is 10.8 Å². The molecule has 1 aliphatic heterocycles. The van der Waals surface area contributed by atoms with Crippen LogP contribution >= 0.6 is 15.9 Å². The zero-order chi connectivity index (χ0) is 14.8. The summed E-state index contributed by atoms with van der Waals surface area (Å²) in [7, 11) is 0. The topological polar surface area (TPSA) is 38.3 Å². The minimum Gasteiger partial charge on any atom is -0.377 e. The summed E-state index contributed by atoms with van der Waals surface area (Å²) in [6.45, 7) is 2.74. The van der Waals surface area contributed by atoms with E-state index in [0.29, 0.717) is 6.61 Å². The van der Waals surface area contributed by atoms with E-state index < -0.39 is 0 Å². The van der Waals surface area contributed by atoms with Crippen molar-refractivity contribution in [3.05, 3.63) is 40.9 Å². The first-order valence-corrected chi connectivity index (χ1v) is 8.08. The van der Waals surface area contributed by atoms with Crippen molar-refractivity contribution in [3.8, 4) is 0 Å². The van der Waals surface area contributed by atoms with E-state index in [1.54, 1.807) is 0 Å². The molecule has 3 rings (SSSR count). The van der Waals surface area contributed by atoms with E-state index >= 15 is 0 Å². The largest absolute Gasteiger partial charge is 0.377 e. The van der Waals surface area contributed by atoms with Gasteiger partial charge in [-0.25, -0.2) is 0 Å². The number of hydrogen-bond donors (Lipinski definition) is 1. The normalized spacial score (nSPS) is 21.6. The number of benzene rings is 2. The first-order chi connectivity index (χ1) is 10.2. The first kappa shape index (κ1) is 14.5. The molecule has 0 saturated carbocycles. The van der Waals surface area contributed by atoms with Crippen LogP contribution in [0.1, 0.15) is 19.8 Å². The van der Waals surface area contributed by atoms with Crippen molar-refractivity contribution in [1.29, 1.82) is 0 Å². The quantitative estimate of drug-likeness (QED) is 0.895. The molecule has 4 heteroatoms. The molecule has 1 amide bonds. The number of nitrogens with one attached hydrogen (secondary N) is 1. The number of carbonyl (C=O) groups is 1. The molecule has 0 bridgehead atoms. The summed E-state index contributed by atoms with van der Waals surface area (Å²) in [6.07, 6.45) is 1.75. The molecule has 1 aliphatic rings. The van der Waals surface area contributed by atoms with E-state index in [9.17, 15) is 4.79 Å². The Balaban J connectivity index is 1.78. The van der Waals surface area contributed by atoms with Crippen LogP contribution in [-0.2, 0) is 9.53 Å². The fourth-order valence-corrected chi connectivity index (χ4v) is 3.26. The van der Waals surface area contributed by atoms with Gasteiger partial charge in [0.1, 0.15) is 0 Å². The SMILES string of the molecule is CCC1OCCC1C(=O)Nc1ccc2cc(Br)ccc2c1. The Hall–Kier alpha value is -1.39. The number of carbonyl (C=O) groups excluding carboxylic acids is 1. The van der Waals surface area contributed by atoms with Crippen LogP contribution in [0.5, 0.6) is 0 Å². The highest BCUT2D eigenvalue weighted by atomic mass is 79.9. The molecule has 0 radical (unpaired) electrons. The number of halogens is 1. The van der Waals surface area contributed by atoms with Gasteiger partial charge in [-0.05, 0) is 47.9 Å². The maximum Gasteiger partial charge on any atom is 0.230 e. The zero-order valence-electron chi connectivity index (χ0n) is 11.9. The van der Waals surface area contributed by atoms with Crippen molar-refractivity contribution in [2.45, 2.75) is 25.9 Å². The smallest absolute Gasteiger partial charge is 0.230 e. The number of hydrogen-bond acceptors (Lipinski definition) is 2. The highest BCUT2D eigenvalue weighted by Gasteiger charge is 2.32. The van der Waals surface area contributed by atoms with Gasteiger partial charge in [-0.15, -0.1) is 0 Å². The van der Waals surface area contributed by atoms with Crippen LogP contribution in [0.3, 0.4) is 0 Å². The Labute approximate surface area is 132 Å². The van der Waals surface area contributed by atoms with E-state index in [0.717, 1.165) is 33.8 Å². The molecule has 0 aromatic heterocycles. The van der Waals surface area contributed by atoms with Crippen molar-refractivity contribution in [2.75, 3.05) is 11.9 Å². The molecule has 1 saturated heterocycles. The molecule has 2 aromatic carbocycles. The lowest BCUT2D eigenvalue weighted by atomic mass is 9.98. The molecule has 1 N–H and O–H groups in total. The third-order valence-electron chi connectivity index (χ3n) is 4.02. The summed E-state index contributed by atoms with van der Waals surface area (Å²) in [5, 5.41) is 5.29. The van der Waals surface area contributed by atoms with Gasteiger partial charge in [0.15, 0.2) is 0 Å². The molecule has 21 heavy (non-hydrogen) atoms. The van der Waals surface area contributed by atoms with Crippen LogP contribution in [0, 0.1) is 5.92 Å². The Morgan fingerprint density at radius 2 is 2.05 bits per heavy atom. The number of ether oxygens (including phenoxy) is 1. The molecule has 2 atom stereocenters. The van der Waals surface area contributed by atoms with E-state index in [2.05, 4.69) is 34.2 Å². The minimum atomic E-state index is -0.0318. The van der Waals surface area contributed by atoms with Crippen LogP contribution in [0.2, 0.25) is 0 Å². The maximum absolute atomic E-state index is 12.4. The lowest BCUT2D eigenvalue weighted by molar-refractivity contribution is -0.121. The predicted molar refractivity (Wildman–Crippen MR) is 88.4 cm³/mol. The number of rotatable bonds is 3. The van der Waals surface area contributed by atoms with Gasteiger partial charge in [0, 0.05) is 16.8 Å². The Kier molecular flexibility index (Phi) is 4.27. The molecular weight excluding hydrogens is 330 g/mol. The highest BCUT2D eigenvalue weighted by molar-refractivity contribution is 9.10. The van der Waals surface area contributed by atoms with Crippen LogP contribution < -0.4 is 5.32 Å². The Morgan fingerprint density at radius 1 is 1.29 bits per heavy atom. The van der Waals surface area contributed by atoms with Gasteiger partial charge in [0.05, 0.1) is 12.0 Å². The van der Waals surface area contributed by atoms with Crippen LogP contribution in [0.4, 0.5) is 5.69 Å². The van der Waals surface area contributed by atoms with E-state index in [1.807, 2.05) is 30.3 Å². The summed E-state index contributed by atoms with van der Waals surface area (Å²) in [4.78, 5) is 12.4. The highest BCUT2D eigenvalue weighted by Crippen LogP contribution is 2.27. The van der Waals surface area contributed by atoms with Crippen molar-refractivity contribution in [2.24, 2.45) is 5.92 Å². The van der Waals surface area contributed by atoms with E-state index in [4.69, 9.17) is 4.74 Å². The van der Waals surface area contributed by atoms with Crippen LogP contribution in [-0.4, -0.2) is 18.6 Å². The third kappa shape index (κ3) is 3.11. The van der Waals surface area contributed by atoms with E-state index in [1.165, 1.54) is 0 Å². The minimum absolute atomic E-state index is 0.0318. The average Bonchev–Trinajstić information content (AvgIpc) is 2.96. The van der Waals surface area contributed by atoms with Gasteiger partial charge in [0.2, 0.25) is 5.91 Å². The van der Waals surface area contributed by atoms with Gasteiger partial charge in [-0.3, -0.25) is 4.79 Å². The molecule has 110 valence electrons. The Morgan fingerprint density at radius 3 is 2.86 bits per heavy atom. The lowest BCUT2D eigenvalue weighted by Crippen LogP contribution is -2.29. The van der Waals surface area contributed by atoms with Crippen molar-refractivity contribution in [1.82, 2.24) is 0 Å². The fourth-order valence-electron chi connectivity index (χ4n) is 2.88. The summed E-state index contributed by atoms with van der Waals surface area (Å²) in [5.41, 5.74) is 0.844. The molecule has 1 fully saturated rings. The summed E-state index contributed by atoms with van der Waals surface area (Å²) >= 11 is 3.47. The number of amides is 1. The second kappa shape index (κ2) is 6.16. The average molecular weight is 348 g/mol. The van der Waals surface area contributed by atoms with Gasteiger partial charge in [-0.2, -0.15) is 0 Å². The second-order valence-electron chi connectivity index (χ2n) is 5.41. The lowest BCUT2D eigenvalue weighted by Gasteiger charge is -2.16. The Bertz CT molecular complexity index is 671. The monoisotopic (exact) mass is 347 g/mol. The van der Waals surface area contributed by atoms with E-state index in [-0.39, 0.29) is 17.9 Å². The first-order valence-electron chi connectivity index (χ1n) is 7.29. The van der Waals surface area contributed by atoms with Gasteiger partial charge in [-0.1, -0.05) is 35.0 Å². The van der Waals surface area contributed by atoms with Gasteiger partial charge < -0.3 is 10.1 Å². The number of anilines is 1. The number of fused-ring (bicyclic) bond motifs is 1.